The number of fused-ring (bicyclic) bond motifs is 1. The number of hydrogen-bond acceptors (Lipinski definition) is 5. The molecule has 43 heavy (non-hydrogen) atoms. The number of nitrogen functional groups attached to an aromatic ring is 1. The zero-order valence-corrected chi connectivity index (χ0v) is 23.9. The second-order valence-corrected chi connectivity index (χ2v) is 10.1. The molecule has 0 saturated heterocycles. The Labute approximate surface area is 251 Å². The van der Waals surface area contributed by atoms with Gasteiger partial charge in [0.1, 0.15) is 0 Å². The van der Waals surface area contributed by atoms with E-state index in [4.69, 9.17) is 20.7 Å². The third-order valence-corrected chi connectivity index (χ3v) is 7.15. The molecule has 1 aromatic heterocycles. The Morgan fingerprint density at radius 2 is 1.00 bits per heavy atom. The maximum Gasteiger partial charge on any atom is 0.164 e. The van der Waals surface area contributed by atoms with Crippen LogP contribution in [-0.2, 0) is 0 Å². The normalized spacial score (nSPS) is 10.5. The van der Waals surface area contributed by atoms with Crippen molar-refractivity contribution < 1.29 is 0 Å². The quantitative estimate of drug-likeness (QED) is 0.206. The second kappa shape index (κ2) is 12.8. The first kappa shape index (κ1) is 27.4. The van der Waals surface area contributed by atoms with Gasteiger partial charge in [-0.05, 0) is 47.5 Å². The van der Waals surface area contributed by atoms with Crippen LogP contribution in [0.25, 0.3) is 44.9 Å². The van der Waals surface area contributed by atoms with Crippen molar-refractivity contribution in [2.75, 3.05) is 11.1 Å². The summed E-state index contributed by atoms with van der Waals surface area (Å²) >= 11 is 0. The molecule has 5 nitrogen and oxygen atoms in total. The van der Waals surface area contributed by atoms with E-state index < -0.39 is 0 Å². The van der Waals surface area contributed by atoms with Crippen molar-refractivity contribution in [3.63, 3.8) is 0 Å². The largest absolute Gasteiger partial charge is 0.397 e. The highest BCUT2D eigenvalue weighted by Crippen LogP contribution is 2.30. The number of para-hydroxylation sites is 3. The van der Waals surface area contributed by atoms with Crippen molar-refractivity contribution >= 4 is 27.8 Å². The lowest BCUT2D eigenvalue weighted by Crippen LogP contribution is -2.01. The minimum absolute atomic E-state index is 0.682. The monoisotopic (exact) mass is 557 g/mol. The van der Waals surface area contributed by atoms with Gasteiger partial charge in [0, 0.05) is 22.4 Å². The van der Waals surface area contributed by atoms with Crippen LogP contribution in [0.15, 0.2) is 152 Å². The van der Waals surface area contributed by atoms with Gasteiger partial charge in [-0.15, -0.1) is 0 Å². The molecule has 0 aliphatic rings. The van der Waals surface area contributed by atoms with Gasteiger partial charge >= 0.3 is 0 Å². The Morgan fingerprint density at radius 3 is 1.63 bits per heavy atom. The molecule has 208 valence electrons. The molecule has 7 aromatic rings. The Balaban J connectivity index is 0.000000197. The summed E-state index contributed by atoms with van der Waals surface area (Å²) in [6, 6.07) is 50.5. The number of benzene rings is 6. The van der Waals surface area contributed by atoms with Crippen LogP contribution >= 0.6 is 0 Å². The SMILES string of the molecule is Cc1c(-c2nc(-c3ccccc3)nc(-c3ccccc3)n2)ccc2ccccc12.Nc1ccccc1Nc1ccccc1. The molecule has 0 atom stereocenters. The number of hydrogen-bond donors (Lipinski definition) is 2. The number of nitrogens with zero attached hydrogens (tertiary/aromatic N) is 3. The van der Waals surface area contributed by atoms with E-state index in [-0.39, 0.29) is 0 Å². The van der Waals surface area contributed by atoms with Crippen LogP contribution in [0.2, 0.25) is 0 Å². The topological polar surface area (TPSA) is 76.7 Å². The van der Waals surface area contributed by atoms with Gasteiger partial charge in [-0.1, -0.05) is 127 Å². The first-order chi connectivity index (χ1) is 21.2. The van der Waals surface area contributed by atoms with E-state index in [0.717, 1.165) is 33.8 Å². The Kier molecular flexibility index (Phi) is 8.14. The molecule has 0 amide bonds. The fourth-order valence-corrected chi connectivity index (χ4v) is 4.89. The fourth-order valence-electron chi connectivity index (χ4n) is 4.89. The fraction of sp³-hybridized carbons (Fsp3) is 0.0263. The highest BCUT2D eigenvalue weighted by molar-refractivity contribution is 5.90. The molecule has 5 heteroatoms. The molecule has 6 aromatic carbocycles. The van der Waals surface area contributed by atoms with Crippen LogP contribution < -0.4 is 11.1 Å². The third-order valence-electron chi connectivity index (χ3n) is 7.15. The minimum Gasteiger partial charge on any atom is -0.397 e. The molecule has 1 heterocycles. The summed E-state index contributed by atoms with van der Waals surface area (Å²) in [6.07, 6.45) is 0. The van der Waals surface area contributed by atoms with Crippen LogP contribution in [0.1, 0.15) is 5.56 Å². The lowest BCUT2D eigenvalue weighted by Gasteiger charge is -2.11. The summed E-state index contributed by atoms with van der Waals surface area (Å²) in [7, 11) is 0. The van der Waals surface area contributed by atoms with Gasteiger partial charge < -0.3 is 11.1 Å². The van der Waals surface area contributed by atoms with Gasteiger partial charge in [0.05, 0.1) is 11.4 Å². The summed E-state index contributed by atoms with van der Waals surface area (Å²) in [4.78, 5) is 14.5. The average Bonchev–Trinajstić information content (AvgIpc) is 3.07. The van der Waals surface area contributed by atoms with Crippen molar-refractivity contribution in [3.05, 3.63) is 157 Å². The number of aromatic nitrogens is 3. The standard InChI is InChI=1S/C26H19N3.C12H12N2/c1-18-22-15-9-8-10-19(22)16-17-23(18)26-28-24(20-11-4-2-5-12-20)27-25(29-26)21-13-6-3-7-14-21;13-11-8-4-5-9-12(11)14-10-6-2-1-3-7-10/h2-17H,1H3;1-9,14H,13H2. The summed E-state index contributed by atoms with van der Waals surface area (Å²) in [5, 5.41) is 5.68. The molecule has 0 unspecified atom stereocenters. The number of aryl methyl sites for hydroxylation is 1. The van der Waals surface area contributed by atoms with Gasteiger partial charge in [-0.3, -0.25) is 0 Å². The minimum atomic E-state index is 0.682. The van der Waals surface area contributed by atoms with Gasteiger partial charge in [0.15, 0.2) is 17.5 Å². The second-order valence-electron chi connectivity index (χ2n) is 10.1. The van der Waals surface area contributed by atoms with E-state index >= 15 is 0 Å². The van der Waals surface area contributed by atoms with Gasteiger partial charge in [0.25, 0.3) is 0 Å². The highest BCUT2D eigenvalue weighted by atomic mass is 15.0. The van der Waals surface area contributed by atoms with E-state index in [1.807, 2.05) is 115 Å². The Hall–Kier alpha value is -5.81. The number of nitrogens with two attached hydrogens (primary N) is 1. The zero-order chi connectivity index (χ0) is 29.4. The maximum absolute atomic E-state index is 5.81. The van der Waals surface area contributed by atoms with Crippen molar-refractivity contribution in [3.8, 4) is 34.2 Å². The Bertz CT molecular complexity index is 1900. The molecule has 3 N–H and O–H groups in total. The molecule has 0 aliphatic carbocycles. The van der Waals surface area contributed by atoms with E-state index in [0.29, 0.717) is 17.5 Å². The average molecular weight is 558 g/mol. The van der Waals surface area contributed by atoms with E-state index in [9.17, 15) is 0 Å². The molecular weight excluding hydrogens is 526 g/mol. The molecule has 0 aliphatic heterocycles. The zero-order valence-electron chi connectivity index (χ0n) is 23.9. The van der Waals surface area contributed by atoms with Gasteiger partial charge in [-0.2, -0.15) is 0 Å². The van der Waals surface area contributed by atoms with Crippen molar-refractivity contribution in [1.29, 1.82) is 0 Å². The predicted octanol–water partition coefficient (Wildman–Crippen LogP) is 9.35. The van der Waals surface area contributed by atoms with Crippen LogP contribution in [0.4, 0.5) is 17.1 Å². The Morgan fingerprint density at radius 1 is 0.488 bits per heavy atom. The molecule has 0 saturated carbocycles. The van der Waals surface area contributed by atoms with E-state index in [2.05, 4.69) is 48.6 Å². The number of nitrogens with one attached hydrogen (secondary N) is 1. The van der Waals surface area contributed by atoms with Crippen molar-refractivity contribution in [2.24, 2.45) is 0 Å². The molecular formula is C38H31N5. The van der Waals surface area contributed by atoms with Crippen LogP contribution in [0.5, 0.6) is 0 Å². The van der Waals surface area contributed by atoms with Crippen LogP contribution in [0, 0.1) is 6.92 Å². The molecule has 0 fully saturated rings. The lowest BCUT2D eigenvalue weighted by atomic mass is 9.99. The number of anilines is 3. The number of rotatable bonds is 5. The van der Waals surface area contributed by atoms with Crippen molar-refractivity contribution in [1.82, 2.24) is 15.0 Å². The smallest absolute Gasteiger partial charge is 0.164 e. The third kappa shape index (κ3) is 6.42. The van der Waals surface area contributed by atoms with Crippen molar-refractivity contribution in [2.45, 2.75) is 6.92 Å². The molecule has 0 bridgehead atoms. The maximum atomic E-state index is 5.81. The lowest BCUT2D eigenvalue weighted by molar-refractivity contribution is 1.07. The summed E-state index contributed by atoms with van der Waals surface area (Å²) in [5.41, 5.74) is 12.7. The summed E-state index contributed by atoms with van der Waals surface area (Å²) < 4.78 is 0. The first-order valence-electron chi connectivity index (χ1n) is 14.2. The van der Waals surface area contributed by atoms with Crippen LogP contribution in [-0.4, -0.2) is 15.0 Å². The predicted molar refractivity (Wildman–Crippen MR) is 179 cm³/mol. The molecule has 0 spiro atoms. The first-order valence-corrected chi connectivity index (χ1v) is 14.2. The summed E-state index contributed by atoms with van der Waals surface area (Å²) in [5.74, 6) is 2.06. The highest BCUT2D eigenvalue weighted by Gasteiger charge is 2.14. The van der Waals surface area contributed by atoms with Gasteiger partial charge in [0.2, 0.25) is 0 Å². The molecule has 0 radical (unpaired) electrons. The summed E-state index contributed by atoms with van der Waals surface area (Å²) in [6.45, 7) is 2.13. The van der Waals surface area contributed by atoms with E-state index in [1.54, 1.807) is 0 Å². The van der Waals surface area contributed by atoms with Gasteiger partial charge in [-0.25, -0.2) is 15.0 Å². The van der Waals surface area contributed by atoms with E-state index in [1.165, 1.54) is 16.3 Å². The molecule has 7 rings (SSSR count). The van der Waals surface area contributed by atoms with Crippen LogP contribution in [0.3, 0.4) is 0 Å².